The van der Waals surface area contributed by atoms with E-state index >= 15 is 0 Å². The second-order valence-corrected chi connectivity index (χ2v) is 12.3. The number of aliphatic hydroxyl groups is 2. The number of aliphatic hydroxyl groups excluding tert-OH is 2. The molecule has 0 aromatic heterocycles. The quantitative estimate of drug-likeness (QED) is 0.595. The summed E-state index contributed by atoms with van der Waals surface area (Å²) in [6.45, 7) is 10.7. The van der Waals surface area contributed by atoms with Crippen LogP contribution in [0, 0.1) is 46.3 Å². The SMILES string of the molecule is C[C@H]1CCC([C@@H](C)[C@H]2[C@H](O)C[C@H]3[C@@H]4CC=C5C[C@@H](O)CC[C@]5(C)[C@H]4CC[C@]23C)=NC1. The van der Waals surface area contributed by atoms with Crippen molar-refractivity contribution < 1.29 is 10.2 Å². The third-order valence-electron chi connectivity index (χ3n) is 10.8. The average Bonchev–Trinajstić information content (AvgIpc) is 2.98. The van der Waals surface area contributed by atoms with Crippen LogP contribution in [0.5, 0.6) is 0 Å². The zero-order valence-electron chi connectivity index (χ0n) is 19.6. The van der Waals surface area contributed by atoms with Gasteiger partial charge in [-0.25, -0.2) is 0 Å². The third kappa shape index (κ3) is 3.09. The van der Waals surface area contributed by atoms with E-state index in [4.69, 9.17) is 4.99 Å². The lowest BCUT2D eigenvalue weighted by Gasteiger charge is -2.58. The molecule has 1 heterocycles. The van der Waals surface area contributed by atoms with Crippen molar-refractivity contribution in [3.05, 3.63) is 11.6 Å². The lowest BCUT2D eigenvalue weighted by molar-refractivity contribution is -0.0564. The van der Waals surface area contributed by atoms with E-state index in [1.54, 1.807) is 5.57 Å². The number of allylic oxidation sites excluding steroid dienone is 1. The first-order valence-corrected chi connectivity index (χ1v) is 12.8. The Morgan fingerprint density at radius 1 is 1.10 bits per heavy atom. The van der Waals surface area contributed by atoms with Gasteiger partial charge in [-0.05, 0) is 104 Å². The molecule has 0 unspecified atom stereocenters. The van der Waals surface area contributed by atoms with E-state index in [2.05, 4.69) is 33.8 Å². The molecule has 0 radical (unpaired) electrons. The molecule has 1 aliphatic heterocycles. The van der Waals surface area contributed by atoms with Gasteiger partial charge in [-0.1, -0.05) is 39.3 Å². The minimum Gasteiger partial charge on any atom is -0.393 e. The number of fused-ring (bicyclic) bond motifs is 5. The normalized spacial score (nSPS) is 51.9. The largest absolute Gasteiger partial charge is 0.393 e. The van der Waals surface area contributed by atoms with Gasteiger partial charge in [0.25, 0.3) is 0 Å². The maximum absolute atomic E-state index is 11.4. The Morgan fingerprint density at radius 2 is 1.90 bits per heavy atom. The second kappa shape index (κ2) is 7.44. The molecular weight excluding hydrogens is 370 g/mol. The fourth-order valence-electron chi connectivity index (χ4n) is 9.01. The molecule has 3 saturated carbocycles. The lowest BCUT2D eigenvalue weighted by atomic mass is 9.47. The van der Waals surface area contributed by atoms with E-state index in [1.165, 1.54) is 25.0 Å². The van der Waals surface area contributed by atoms with E-state index < -0.39 is 0 Å². The van der Waals surface area contributed by atoms with Gasteiger partial charge >= 0.3 is 0 Å². The predicted octanol–water partition coefficient (Wildman–Crippen LogP) is 5.40. The molecular formula is C27H43NO2. The van der Waals surface area contributed by atoms with E-state index in [0.717, 1.165) is 51.0 Å². The van der Waals surface area contributed by atoms with Gasteiger partial charge in [0.1, 0.15) is 0 Å². The molecule has 10 atom stereocenters. The highest BCUT2D eigenvalue weighted by molar-refractivity contribution is 5.87. The number of aliphatic imine (C=N–C) groups is 1. The topological polar surface area (TPSA) is 52.8 Å². The van der Waals surface area contributed by atoms with Gasteiger partial charge in [-0.15, -0.1) is 0 Å². The van der Waals surface area contributed by atoms with Gasteiger partial charge in [0, 0.05) is 12.3 Å². The molecule has 0 saturated heterocycles. The van der Waals surface area contributed by atoms with Crippen molar-refractivity contribution >= 4 is 5.71 Å². The molecule has 2 N–H and O–H groups in total. The summed E-state index contributed by atoms with van der Waals surface area (Å²) in [6, 6.07) is 0. The molecule has 4 aliphatic carbocycles. The Balaban J connectivity index is 1.42. The minimum absolute atomic E-state index is 0.132. The number of nitrogens with zero attached hydrogens (tertiary/aromatic N) is 1. The first-order chi connectivity index (χ1) is 14.2. The van der Waals surface area contributed by atoms with Crippen LogP contribution in [0.1, 0.15) is 85.5 Å². The molecule has 168 valence electrons. The van der Waals surface area contributed by atoms with Crippen LogP contribution in [-0.4, -0.2) is 34.7 Å². The van der Waals surface area contributed by atoms with Gasteiger partial charge in [0.15, 0.2) is 0 Å². The highest BCUT2D eigenvalue weighted by Crippen LogP contribution is 2.67. The molecule has 3 heteroatoms. The summed E-state index contributed by atoms with van der Waals surface area (Å²) in [7, 11) is 0. The van der Waals surface area contributed by atoms with Crippen molar-refractivity contribution in [3.8, 4) is 0 Å². The number of hydrogen-bond acceptors (Lipinski definition) is 3. The van der Waals surface area contributed by atoms with Gasteiger partial charge in [-0.2, -0.15) is 0 Å². The van der Waals surface area contributed by atoms with Crippen LogP contribution >= 0.6 is 0 Å². The zero-order valence-corrected chi connectivity index (χ0v) is 19.6. The van der Waals surface area contributed by atoms with Crippen molar-refractivity contribution in [3.63, 3.8) is 0 Å². The van der Waals surface area contributed by atoms with Gasteiger partial charge in [-0.3, -0.25) is 4.99 Å². The standard InChI is InChI=1S/C27H43NO2/c1-16-5-8-23(28-15-16)17(2)25-24(30)14-22-20-7-6-18-13-19(29)9-11-26(18,3)21(20)10-12-27(22,25)4/h6,16-17,19-22,24-25,29-30H,5,7-15H2,1-4H3/t16-,17+,19-,20+,21-,22-,24+,25-,26-,27-/m0/s1. The molecule has 0 aromatic carbocycles. The molecule has 30 heavy (non-hydrogen) atoms. The predicted molar refractivity (Wildman–Crippen MR) is 122 cm³/mol. The summed E-state index contributed by atoms with van der Waals surface area (Å²) in [6.07, 6.45) is 12.3. The van der Waals surface area contributed by atoms with Crippen LogP contribution in [0.25, 0.3) is 0 Å². The van der Waals surface area contributed by atoms with Crippen molar-refractivity contribution in [2.45, 2.75) is 97.7 Å². The van der Waals surface area contributed by atoms with Crippen molar-refractivity contribution in [2.75, 3.05) is 6.54 Å². The number of rotatable bonds is 2. The smallest absolute Gasteiger partial charge is 0.0582 e. The summed E-state index contributed by atoms with van der Waals surface area (Å²) in [4.78, 5) is 4.98. The minimum atomic E-state index is -0.179. The third-order valence-corrected chi connectivity index (χ3v) is 10.8. The van der Waals surface area contributed by atoms with Gasteiger partial charge in [0.05, 0.1) is 12.2 Å². The van der Waals surface area contributed by atoms with E-state index in [-0.39, 0.29) is 23.0 Å². The Hall–Kier alpha value is -0.670. The van der Waals surface area contributed by atoms with Crippen LogP contribution in [0.3, 0.4) is 0 Å². The Bertz CT molecular complexity index is 743. The van der Waals surface area contributed by atoms with Crippen LogP contribution in [0.15, 0.2) is 16.6 Å². The summed E-state index contributed by atoms with van der Waals surface area (Å²) in [5, 5.41) is 21.6. The molecule has 3 nitrogen and oxygen atoms in total. The molecule has 5 aliphatic rings. The fraction of sp³-hybridized carbons (Fsp3) is 0.889. The summed E-state index contributed by atoms with van der Waals surface area (Å²) in [5.74, 6) is 3.55. The maximum atomic E-state index is 11.4. The fourth-order valence-corrected chi connectivity index (χ4v) is 9.01. The summed E-state index contributed by atoms with van der Waals surface area (Å²) in [5.41, 5.74) is 3.45. The van der Waals surface area contributed by atoms with Crippen molar-refractivity contribution in [1.82, 2.24) is 0 Å². The van der Waals surface area contributed by atoms with Crippen LogP contribution < -0.4 is 0 Å². The zero-order chi connectivity index (χ0) is 21.3. The van der Waals surface area contributed by atoms with Crippen molar-refractivity contribution in [2.24, 2.45) is 51.3 Å². The molecule has 5 rings (SSSR count). The van der Waals surface area contributed by atoms with Crippen molar-refractivity contribution in [1.29, 1.82) is 0 Å². The Morgan fingerprint density at radius 3 is 2.63 bits per heavy atom. The van der Waals surface area contributed by atoms with Crippen LogP contribution in [-0.2, 0) is 0 Å². The first-order valence-electron chi connectivity index (χ1n) is 12.8. The van der Waals surface area contributed by atoms with E-state index in [9.17, 15) is 10.2 Å². The molecule has 0 aromatic rings. The van der Waals surface area contributed by atoms with Crippen LogP contribution in [0.2, 0.25) is 0 Å². The molecule has 0 amide bonds. The Kier molecular flexibility index (Phi) is 5.26. The Labute approximate surface area is 183 Å². The van der Waals surface area contributed by atoms with Gasteiger partial charge < -0.3 is 10.2 Å². The monoisotopic (exact) mass is 413 g/mol. The summed E-state index contributed by atoms with van der Waals surface area (Å²) < 4.78 is 0. The van der Waals surface area contributed by atoms with Gasteiger partial charge in [0.2, 0.25) is 0 Å². The highest BCUT2D eigenvalue weighted by Gasteiger charge is 2.62. The maximum Gasteiger partial charge on any atom is 0.0582 e. The lowest BCUT2D eigenvalue weighted by Crippen LogP contribution is -2.51. The average molecular weight is 414 g/mol. The number of hydrogen-bond donors (Lipinski definition) is 2. The second-order valence-electron chi connectivity index (χ2n) is 12.3. The molecule has 3 fully saturated rings. The first kappa shape index (κ1) is 21.2. The molecule has 0 spiro atoms. The molecule has 0 bridgehead atoms. The van der Waals surface area contributed by atoms with E-state index in [0.29, 0.717) is 29.6 Å². The summed E-state index contributed by atoms with van der Waals surface area (Å²) >= 11 is 0. The van der Waals surface area contributed by atoms with E-state index in [1.807, 2.05) is 0 Å². The highest BCUT2D eigenvalue weighted by atomic mass is 16.3. The van der Waals surface area contributed by atoms with Crippen LogP contribution in [0.4, 0.5) is 0 Å².